The van der Waals surface area contributed by atoms with E-state index in [0.717, 1.165) is 10.0 Å². The first kappa shape index (κ1) is 14.2. The summed E-state index contributed by atoms with van der Waals surface area (Å²) >= 11 is 3.37. The maximum Gasteiger partial charge on any atom is 0.332 e. The van der Waals surface area contributed by atoms with Gasteiger partial charge in [-0.1, -0.05) is 28.1 Å². The summed E-state index contributed by atoms with van der Waals surface area (Å²) in [6.07, 6.45) is 0. The fraction of sp³-hybridized carbons (Fsp3) is 0.167. The minimum Gasteiger partial charge on any atom is -0.368 e. The molecule has 1 aromatic carbocycles. The Kier molecular flexibility index (Phi) is 4.14. The van der Waals surface area contributed by atoms with Crippen molar-refractivity contribution in [3.8, 4) is 0 Å². The minimum atomic E-state index is -0.516. The number of aromatic nitrogens is 2. The molecule has 0 bridgehead atoms. The molecule has 1 aromatic heterocycles. The maximum atomic E-state index is 11.1. The Morgan fingerprint density at radius 3 is 2.85 bits per heavy atom. The van der Waals surface area contributed by atoms with Crippen LogP contribution in [0.2, 0.25) is 0 Å². The third kappa shape index (κ3) is 3.21. The van der Waals surface area contributed by atoms with Gasteiger partial charge in [-0.05, 0) is 24.6 Å². The van der Waals surface area contributed by atoms with Crippen LogP contribution in [-0.2, 0) is 6.54 Å². The van der Waals surface area contributed by atoms with E-state index in [1.54, 1.807) is 0 Å². The molecule has 2 aromatic rings. The van der Waals surface area contributed by atoms with Crippen molar-refractivity contribution in [3.63, 3.8) is 0 Å². The van der Waals surface area contributed by atoms with Crippen LogP contribution < -0.4 is 11.1 Å². The highest BCUT2D eigenvalue weighted by atomic mass is 79.9. The Balaban J connectivity index is 2.27. The summed E-state index contributed by atoms with van der Waals surface area (Å²) in [7, 11) is 0. The summed E-state index contributed by atoms with van der Waals surface area (Å²) in [5.74, 6) is 0.129. The standard InChI is InChI=1S/C12H12BrN5O2/c1-7-10(18(19)20)11(17-12(14)16-7)15-6-8-3-2-4-9(13)5-8/h2-5H,6H2,1H3,(H3,14,15,16,17). The number of aryl methyl sites for hydroxylation is 1. The number of nitro groups is 1. The van der Waals surface area contributed by atoms with E-state index in [1.807, 2.05) is 24.3 Å². The predicted molar refractivity (Wildman–Crippen MR) is 79.3 cm³/mol. The number of halogens is 1. The van der Waals surface area contributed by atoms with Crippen LogP contribution in [-0.4, -0.2) is 14.9 Å². The topological polar surface area (TPSA) is 107 Å². The van der Waals surface area contributed by atoms with Gasteiger partial charge in [0.1, 0.15) is 5.69 Å². The van der Waals surface area contributed by atoms with E-state index in [0.29, 0.717) is 6.54 Å². The fourth-order valence-corrected chi connectivity index (χ4v) is 2.21. The van der Waals surface area contributed by atoms with Gasteiger partial charge in [0.15, 0.2) is 0 Å². The quantitative estimate of drug-likeness (QED) is 0.656. The predicted octanol–water partition coefficient (Wildman–Crippen LogP) is 2.65. The second-order valence-corrected chi connectivity index (χ2v) is 5.02. The Morgan fingerprint density at radius 1 is 1.45 bits per heavy atom. The van der Waals surface area contributed by atoms with Crippen LogP contribution in [0, 0.1) is 17.0 Å². The average molecular weight is 338 g/mol. The van der Waals surface area contributed by atoms with Gasteiger partial charge in [0.05, 0.1) is 4.92 Å². The Labute approximate surface area is 123 Å². The second-order valence-electron chi connectivity index (χ2n) is 4.11. The molecule has 1 heterocycles. The molecule has 20 heavy (non-hydrogen) atoms. The summed E-state index contributed by atoms with van der Waals surface area (Å²) < 4.78 is 0.935. The van der Waals surface area contributed by atoms with Crippen molar-refractivity contribution in [2.24, 2.45) is 0 Å². The van der Waals surface area contributed by atoms with E-state index in [-0.39, 0.29) is 23.1 Å². The number of nitrogens with two attached hydrogens (primary N) is 1. The molecule has 0 aliphatic heterocycles. The monoisotopic (exact) mass is 337 g/mol. The molecule has 0 amide bonds. The van der Waals surface area contributed by atoms with Gasteiger partial charge in [-0.3, -0.25) is 10.1 Å². The molecule has 104 valence electrons. The average Bonchev–Trinajstić information content (AvgIpc) is 2.35. The molecule has 0 saturated heterocycles. The number of benzene rings is 1. The lowest BCUT2D eigenvalue weighted by Gasteiger charge is -2.08. The molecule has 0 spiro atoms. The summed E-state index contributed by atoms with van der Waals surface area (Å²) in [6.45, 7) is 1.93. The fourth-order valence-electron chi connectivity index (χ4n) is 1.76. The van der Waals surface area contributed by atoms with Crippen LogP contribution >= 0.6 is 15.9 Å². The highest BCUT2D eigenvalue weighted by Gasteiger charge is 2.21. The normalized spacial score (nSPS) is 10.3. The zero-order valence-electron chi connectivity index (χ0n) is 10.6. The highest BCUT2D eigenvalue weighted by molar-refractivity contribution is 9.10. The molecular weight excluding hydrogens is 326 g/mol. The number of nitrogens with zero attached hydrogens (tertiary/aromatic N) is 3. The van der Waals surface area contributed by atoms with E-state index in [2.05, 4.69) is 31.2 Å². The van der Waals surface area contributed by atoms with Gasteiger partial charge in [0.25, 0.3) is 0 Å². The molecule has 0 atom stereocenters. The van der Waals surface area contributed by atoms with E-state index >= 15 is 0 Å². The van der Waals surface area contributed by atoms with Crippen molar-refractivity contribution < 1.29 is 4.92 Å². The Morgan fingerprint density at radius 2 is 2.20 bits per heavy atom. The zero-order chi connectivity index (χ0) is 14.7. The van der Waals surface area contributed by atoms with E-state index in [9.17, 15) is 10.1 Å². The lowest BCUT2D eigenvalue weighted by Crippen LogP contribution is -2.09. The number of hydrogen-bond donors (Lipinski definition) is 2. The van der Waals surface area contributed by atoms with Crippen molar-refractivity contribution in [1.29, 1.82) is 0 Å². The summed E-state index contributed by atoms with van der Waals surface area (Å²) in [6, 6.07) is 7.60. The number of nitrogen functional groups attached to an aromatic ring is 1. The van der Waals surface area contributed by atoms with E-state index in [1.165, 1.54) is 6.92 Å². The van der Waals surface area contributed by atoms with Crippen LogP contribution in [0.4, 0.5) is 17.5 Å². The van der Waals surface area contributed by atoms with E-state index < -0.39 is 4.92 Å². The Bertz CT molecular complexity index is 662. The van der Waals surface area contributed by atoms with Gasteiger partial charge < -0.3 is 11.1 Å². The maximum absolute atomic E-state index is 11.1. The van der Waals surface area contributed by atoms with Crippen LogP contribution in [0.3, 0.4) is 0 Å². The number of nitrogens with one attached hydrogen (secondary N) is 1. The van der Waals surface area contributed by atoms with Crippen LogP contribution in [0.1, 0.15) is 11.3 Å². The van der Waals surface area contributed by atoms with Gasteiger partial charge in [0.2, 0.25) is 11.8 Å². The molecule has 0 fully saturated rings. The first-order valence-corrected chi connectivity index (χ1v) is 6.53. The second kappa shape index (κ2) is 5.83. The molecule has 0 unspecified atom stereocenters. The highest BCUT2D eigenvalue weighted by Crippen LogP contribution is 2.26. The molecule has 7 nitrogen and oxygen atoms in total. The summed E-state index contributed by atoms with van der Waals surface area (Å²) in [5, 5.41) is 14.0. The minimum absolute atomic E-state index is 0.00448. The Hall–Kier alpha value is -2.22. The molecule has 8 heteroatoms. The number of rotatable bonds is 4. The van der Waals surface area contributed by atoms with Crippen LogP contribution in [0.15, 0.2) is 28.7 Å². The molecule has 0 saturated carbocycles. The molecule has 0 radical (unpaired) electrons. The first-order chi connectivity index (χ1) is 9.47. The molecule has 3 N–H and O–H groups in total. The van der Waals surface area contributed by atoms with Crippen molar-refractivity contribution in [1.82, 2.24) is 9.97 Å². The van der Waals surface area contributed by atoms with Crippen molar-refractivity contribution >= 4 is 33.4 Å². The van der Waals surface area contributed by atoms with Gasteiger partial charge in [-0.2, -0.15) is 4.98 Å². The van der Waals surface area contributed by atoms with E-state index in [4.69, 9.17) is 5.73 Å². The lowest BCUT2D eigenvalue weighted by molar-refractivity contribution is -0.385. The zero-order valence-corrected chi connectivity index (χ0v) is 12.2. The van der Waals surface area contributed by atoms with Crippen molar-refractivity contribution in [3.05, 3.63) is 50.1 Å². The first-order valence-electron chi connectivity index (χ1n) is 5.74. The van der Waals surface area contributed by atoms with Crippen LogP contribution in [0.5, 0.6) is 0 Å². The van der Waals surface area contributed by atoms with Gasteiger partial charge >= 0.3 is 5.69 Å². The lowest BCUT2D eigenvalue weighted by atomic mass is 10.2. The number of anilines is 2. The molecular formula is C12H12BrN5O2. The molecule has 0 aliphatic rings. The summed E-state index contributed by atoms with van der Waals surface area (Å²) in [5.41, 5.74) is 6.57. The largest absolute Gasteiger partial charge is 0.368 e. The van der Waals surface area contributed by atoms with Gasteiger partial charge in [-0.15, -0.1) is 0 Å². The van der Waals surface area contributed by atoms with Crippen molar-refractivity contribution in [2.45, 2.75) is 13.5 Å². The summed E-state index contributed by atoms with van der Waals surface area (Å²) in [4.78, 5) is 18.2. The molecule has 2 rings (SSSR count). The number of hydrogen-bond acceptors (Lipinski definition) is 6. The van der Waals surface area contributed by atoms with Crippen molar-refractivity contribution in [2.75, 3.05) is 11.1 Å². The smallest absolute Gasteiger partial charge is 0.332 e. The SMILES string of the molecule is Cc1nc(N)nc(NCc2cccc(Br)c2)c1[N+](=O)[O-]. The van der Waals surface area contributed by atoms with Gasteiger partial charge in [0, 0.05) is 11.0 Å². The third-order valence-corrected chi connectivity index (χ3v) is 3.10. The molecule has 0 aliphatic carbocycles. The third-order valence-electron chi connectivity index (χ3n) is 2.61. The van der Waals surface area contributed by atoms with Gasteiger partial charge in [-0.25, -0.2) is 4.98 Å². The van der Waals surface area contributed by atoms with Crippen LogP contribution in [0.25, 0.3) is 0 Å².